The van der Waals surface area contributed by atoms with Gasteiger partial charge < -0.3 is 30.3 Å². The minimum Gasteiger partial charge on any atom is -0.481 e. The molecule has 0 fully saturated rings. The van der Waals surface area contributed by atoms with E-state index >= 15 is 0 Å². The van der Waals surface area contributed by atoms with Crippen LogP contribution < -0.4 is 16.6 Å². The van der Waals surface area contributed by atoms with Gasteiger partial charge in [-0.25, -0.2) is 14.4 Å². The topological polar surface area (TPSA) is 149 Å². The van der Waals surface area contributed by atoms with Crippen LogP contribution in [0.5, 0.6) is 0 Å². The number of anilines is 1. The quantitative estimate of drug-likeness (QED) is 0.168. The number of ether oxygens (including phenoxy) is 2. The highest BCUT2D eigenvalue weighted by Gasteiger charge is 2.42. The molecule has 0 bridgehead atoms. The summed E-state index contributed by atoms with van der Waals surface area (Å²) in [6.45, 7) is 2.88. The fourth-order valence-electron chi connectivity index (χ4n) is 2.92. The monoisotopic (exact) mass is 459 g/mol. The normalized spacial score (nSPS) is 13.7. The first-order valence-corrected chi connectivity index (χ1v) is 9.97. The number of benzene rings is 1. The Balaban J connectivity index is 2.47. The molecule has 1 atom stereocenters. The van der Waals surface area contributed by atoms with E-state index in [1.54, 1.807) is 25.1 Å². The number of carbonyl (C=O) groups is 2. The molecule has 1 unspecified atom stereocenters. The van der Waals surface area contributed by atoms with Gasteiger partial charge in [0.15, 0.2) is 11.2 Å². The zero-order valence-electron chi connectivity index (χ0n) is 18.8. The maximum absolute atomic E-state index is 13.8. The number of aromatic nitrogens is 2. The summed E-state index contributed by atoms with van der Waals surface area (Å²) in [5, 5.41) is 2.71. The fraction of sp³-hybridized carbons (Fsp3) is 0.318. The third-order valence-corrected chi connectivity index (χ3v) is 4.74. The molecule has 1 heterocycles. The van der Waals surface area contributed by atoms with Gasteiger partial charge in [0.05, 0.1) is 31.5 Å². The highest BCUT2D eigenvalue weighted by Crippen LogP contribution is 2.26. The van der Waals surface area contributed by atoms with E-state index in [2.05, 4.69) is 20.3 Å². The number of aldehydes is 1. The second-order valence-electron chi connectivity index (χ2n) is 6.98. The van der Waals surface area contributed by atoms with Gasteiger partial charge in [-0.05, 0) is 19.9 Å². The Labute approximate surface area is 189 Å². The number of methoxy groups -OCH3 is 1. The Hall–Kier alpha value is -4.02. The van der Waals surface area contributed by atoms with Crippen LogP contribution in [0.3, 0.4) is 0 Å². The third kappa shape index (κ3) is 5.62. The Morgan fingerprint density at radius 1 is 1.39 bits per heavy atom. The molecule has 0 saturated carbocycles. The molecular formula is C22H26FN5O5. The van der Waals surface area contributed by atoms with Gasteiger partial charge in [0.2, 0.25) is 5.90 Å². The number of rotatable bonds is 9. The molecule has 0 aliphatic heterocycles. The smallest absolute Gasteiger partial charge is 0.323 e. The predicted molar refractivity (Wildman–Crippen MR) is 121 cm³/mol. The van der Waals surface area contributed by atoms with Gasteiger partial charge in [-0.3, -0.25) is 9.59 Å². The van der Waals surface area contributed by atoms with Crippen LogP contribution in [0.25, 0.3) is 5.70 Å². The number of esters is 1. The first-order valence-electron chi connectivity index (χ1n) is 9.97. The summed E-state index contributed by atoms with van der Waals surface area (Å²) in [5.74, 6) is -1.32. The molecular weight excluding hydrogens is 433 g/mol. The number of hydrogen-bond donors (Lipinski definition) is 3. The number of nitrogens with one attached hydrogen (secondary N) is 2. The molecule has 0 spiro atoms. The number of aliphatic imine (C=N–C) groups is 1. The lowest BCUT2D eigenvalue weighted by molar-refractivity contribution is -0.150. The summed E-state index contributed by atoms with van der Waals surface area (Å²) in [5.41, 5.74) is 3.55. The Morgan fingerprint density at radius 2 is 2.09 bits per heavy atom. The molecule has 0 amide bonds. The van der Waals surface area contributed by atoms with E-state index in [0.717, 1.165) is 0 Å². The number of aromatic amines is 1. The molecule has 0 aliphatic rings. The number of carbonyl (C=O) groups excluding carboxylic acids is 2. The molecule has 33 heavy (non-hydrogen) atoms. The highest BCUT2D eigenvalue weighted by molar-refractivity contribution is 6.00. The van der Waals surface area contributed by atoms with Crippen LogP contribution in [0.2, 0.25) is 0 Å². The zero-order valence-corrected chi connectivity index (χ0v) is 18.8. The largest absolute Gasteiger partial charge is 0.481 e. The summed E-state index contributed by atoms with van der Waals surface area (Å²) in [4.78, 5) is 47.9. The second-order valence-corrected chi connectivity index (χ2v) is 6.98. The number of nitrogens with two attached hydrogens (primary N) is 1. The average Bonchev–Trinajstić information content (AvgIpc) is 2.81. The van der Waals surface area contributed by atoms with Gasteiger partial charge in [-0.1, -0.05) is 18.2 Å². The van der Waals surface area contributed by atoms with Gasteiger partial charge in [0, 0.05) is 18.7 Å². The lowest BCUT2D eigenvalue weighted by Gasteiger charge is -2.22. The van der Waals surface area contributed by atoms with Crippen molar-refractivity contribution in [3.05, 3.63) is 63.5 Å². The summed E-state index contributed by atoms with van der Waals surface area (Å²) in [6, 6.07) is 6.16. The van der Waals surface area contributed by atoms with Crippen molar-refractivity contribution in [2.75, 3.05) is 26.1 Å². The molecule has 2 aromatic rings. The molecule has 0 saturated heterocycles. The van der Waals surface area contributed by atoms with E-state index in [1.165, 1.54) is 33.2 Å². The molecule has 1 aromatic heterocycles. The van der Waals surface area contributed by atoms with E-state index in [4.69, 9.17) is 15.2 Å². The first kappa shape index (κ1) is 25.2. The molecule has 0 aliphatic carbocycles. The van der Waals surface area contributed by atoms with E-state index in [9.17, 15) is 18.8 Å². The lowest BCUT2D eigenvalue weighted by Crippen LogP contribution is -2.42. The van der Waals surface area contributed by atoms with E-state index in [1.807, 2.05) is 0 Å². The van der Waals surface area contributed by atoms with Crippen molar-refractivity contribution < 1.29 is 23.5 Å². The summed E-state index contributed by atoms with van der Waals surface area (Å²) in [7, 11) is 2.83. The Kier molecular flexibility index (Phi) is 8.43. The SMILES string of the molecule is CCOC(=O)C(C)(C=O)c1c(NC)nc(C(N)=CC(=NCc2ccccc2F)OC)[nH]c1=O. The van der Waals surface area contributed by atoms with Crippen molar-refractivity contribution >= 4 is 29.7 Å². The number of H-pyrrole nitrogens is 1. The van der Waals surface area contributed by atoms with Crippen molar-refractivity contribution in [3.63, 3.8) is 0 Å². The minimum absolute atomic E-state index is 0.00150. The molecule has 176 valence electrons. The molecule has 10 nitrogen and oxygen atoms in total. The van der Waals surface area contributed by atoms with Gasteiger partial charge in [-0.15, -0.1) is 0 Å². The third-order valence-electron chi connectivity index (χ3n) is 4.74. The van der Waals surface area contributed by atoms with Crippen LogP contribution >= 0.6 is 0 Å². The maximum atomic E-state index is 13.8. The van der Waals surface area contributed by atoms with E-state index in [-0.39, 0.29) is 42.0 Å². The van der Waals surface area contributed by atoms with Crippen LogP contribution in [0, 0.1) is 5.82 Å². The van der Waals surface area contributed by atoms with Crippen LogP contribution in [0.1, 0.15) is 30.8 Å². The van der Waals surface area contributed by atoms with Crippen LogP contribution in [0.4, 0.5) is 10.2 Å². The highest BCUT2D eigenvalue weighted by atomic mass is 19.1. The summed E-state index contributed by atoms with van der Waals surface area (Å²) >= 11 is 0. The number of halogens is 1. The van der Waals surface area contributed by atoms with Crippen molar-refractivity contribution in [2.24, 2.45) is 10.7 Å². The number of nitrogens with zero attached hydrogens (tertiary/aromatic N) is 2. The molecule has 2 rings (SSSR count). The molecule has 11 heteroatoms. The zero-order chi connectivity index (χ0) is 24.6. The minimum atomic E-state index is -1.88. The van der Waals surface area contributed by atoms with Crippen molar-refractivity contribution in [1.82, 2.24) is 9.97 Å². The van der Waals surface area contributed by atoms with Crippen molar-refractivity contribution in [2.45, 2.75) is 25.8 Å². The van der Waals surface area contributed by atoms with Gasteiger partial charge in [0.25, 0.3) is 5.56 Å². The molecule has 0 radical (unpaired) electrons. The fourth-order valence-corrected chi connectivity index (χ4v) is 2.92. The van der Waals surface area contributed by atoms with Crippen LogP contribution in [0.15, 0.2) is 40.1 Å². The van der Waals surface area contributed by atoms with E-state index < -0.39 is 22.8 Å². The lowest BCUT2D eigenvalue weighted by atomic mass is 9.84. The average molecular weight is 459 g/mol. The van der Waals surface area contributed by atoms with Crippen molar-refractivity contribution in [1.29, 1.82) is 0 Å². The molecule has 4 N–H and O–H groups in total. The predicted octanol–water partition coefficient (Wildman–Crippen LogP) is 1.52. The number of hydrogen-bond acceptors (Lipinski definition) is 9. The van der Waals surface area contributed by atoms with Gasteiger partial charge >= 0.3 is 5.97 Å². The van der Waals surface area contributed by atoms with Crippen LogP contribution in [-0.4, -0.2) is 48.9 Å². The maximum Gasteiger partial charge on any atom is 0.323 e. The first-order chi connectivity index (χ1) is 15.7. The molecule has 1 aromatic carbocycles. The van der Waals surface area contributed by atoms with Crippen LogP contribution in [-0.2, 0) is 31.0 Å². The van der Waals surface area contributed by atoms with Gasteiger partial charge in [-0.2, -0.15) is 0 Å². The van der Waals surface area contributed by atoms with Gasteiger partial charge in [0.1, 0.15) is 17.9 Å². The standard InChI is InChI=1S/C22H26FN5O5/c1-5-33-21(31)22(2,12-29)17-19(25-3)27-18(28-20(17)30)15(24)10-16(32-4)26-11-13-8-6-7-9-14(13)23/h6-10,12H,5,11,24H2,1-4H3,(H2,25,27,28,30). The van der Waals surface area contributed by atoms with E-state index in [0.29, 0.717) is 11.8 Å². The van der Waals surface area contributed by atoms with Crippen molar-refractivity contribution in [3.8, 4) is 0 Å². The summed E-state index contributed by atoms with van der Waals surface area (Å²) < 4.78 is 23.9. The second kappa shape index (κ2) is 11.0. The summed E-state index contributed by atoms with van der Waals surface area (Å²) in [6.07, 6.45) is 1.64. The Morgan fingerprint density at radius 3 is 2.67 bits per heavy atom. The Bertz CT molecular complexity index is 1140.